The number of hydrogen-bond acceptors (Lipinski definition) is 5. The summed E-state index contributed by atoms with van der Waals surface area (Å²) in [5.74, 6) is -0.903. The van der Waals surface area contributed by atoms with Crippen LogP contribution < -0.4 is 9.26 Å². The fourth-order valence-electron chi connectivity index (χ4n) is 2.64. The van der Waals surface area contributed by atoms with Crippen LogP contribution in [0.2, 0.25) is 0 Å². The molecule has 0 bridgehead atoms. The largest absolute Gasteiger partial charge is 2.00 e. The van der Waals surface area contributed by atoms with E-state index in [-0.39, 0.29) is 25.9 Å². The molecule has 0 heterocycles. The second-order valence-corrected chi connectivity index (χ2v) is 7.84. The Labute approximate surface area is 174 Å². The Balaban J connectivity index is -0.000000772. The summed E-state index contributed by atoms with van der Waals surface area (Å²) in [5, 5.41) is 10.2. The molecular weight excluding hydrogens is 430 g/mol. The van der Waals surface area contributed by atoms with Crippen LogP contribution in [-0.2, 0) is 45.5 Å². The zero-order valence-corrected chi connectivity index (χ0v) is 20.7. The molecule has 0 saturated carbocycles. The first-order valence-electron chi connectivity index (χ1n) is 9.65. The average Bonchev–Trinajstić information content (AvgIpc) is 2.49. The van der Waals surface area contributed by atoms with Crippen molar-refractivity contribution in [2.24, 2.45) is 0 Å². The van der Waals surface area contributed by atoms with Crippen LogP contribution in [0.1, 0.15) is 110 Å². The van der Waals surface area contributed by atoms with Crippen LogP contribution in [0.15, 0.2) is 0 Å². The summed E-state index contributed by atoms with van der Waals surface area (Å²) in [6.45, 7) is 2.27. The summed E-state index contributed by atoms with van der Waals surface area (Å²) in [6, 6.07) is 0. The molecule has 26 heavy (non-hydrogen) atoms. The summed E-state index contributed by atoms with van der Waals surface area (Å²) in [7, 11) is 0. The van der Waals surface area contributed by atoms with E-state index in [1.165, 1.54) is 83.5 Å². The Bertz CT molecular complexity index is 379. The summed E-state index contributed by atoms with van der Waals surface area (Å²) < 4.78 is 33.1. The van der Waals surface area contributed by atoms with Gasteiger partial charge >= 0.3 is 49.0 Å². The summed E-state index contributed by atoms with van der Waals surface area (Å²) in [5.41, 5.74) is 0. The number of carboxylic acid groups (broad SMARTS) is 1. The molecule has 8 heteroatoms. The van der Waals surface area contributed by atoms with Gasteiger partial charge in [-0.3, -0.25) is 0 Å². The second-order valence-electron chi connectivity index (χ2n) is 6.50. The minimum atomic E-state index is -5.50. The van der Waals surface area contributed by atoms with Crippen molar-refractivity contribution in [1.29, 1.82) is 0 Å². The number of aliphatic carboxylic acids is 1. The molecular formula is C18H36CrO6Zn. The number of hydrogen-bond donors (Lipinski definition) is 1. The molecule has 0 aliphatic rings. The maximum Gasteiger partial charge on any atom is 2.00 e. The SMILES string of the molecule is CCCCCCCCCCCCCCCCCC(=O)[O-].[O]=[Cr](=[O])([O-])[OH].[Zn+2]. The van der Waals surface area contributed by atoms with E-state index in [4.69, 9.17) is 15.9 Å². The first-order chi connectivity index (χ1) is 11.8. The van der Waals surface area contributed by atoms with Gasteiger partial charge in [0.05, 0.1) is 0 Å². The molecule has 0 fully saturated rings. The van der Waals surface area contributed by atoms with Gasteiger partial charge in [0.2, 0.25) is 0 Å². The average molecular weight is 466 g/mol. The maximum absolute atomic E-state index is 10.2. The Morgan fingerprint density at radius 1 is 0.731 bits per heavy atom. The van der Waals surface area contributed by atoms with Gasteiger partial charge in [0.25, 0.3) is 0 Å². The molecule has 0 aromatic carbocycles. The smallest absolute Gasteiger partial charge is 2.00 e. The molecule has 0 radical (unpaired) electrons. The van der Waals surface area contributed by atoms with Crippen molar-refractivity contribution >= 4 is 5.97 Å². The first-order valence-corrected chi connectivity index (χ1v) is 11.8. The van der Waals surface area contributed by atoms with Crippen LogP contribution in [0.25, 0.3) is 0 Å². The van der Waals surface area contributed by atoms with Crippen molar-refractivity contribution in [3.63, 3.8) is 0 Å². The van der Waals surface area contributed by atoms with Crippen LogP contribution in [0, 0.1) is 0 Å². The van der Waals surface area contributed by atoms with E-state index in [1.807, 2.05) is 0 Å². The van der Waals surface area contributed by atoms with E-state index in [0.29, 0.717) is 0 Å². The fraction of sp³-hybridized carbons (Fsp3) is 0.944. The molecule has 0 amide bonds. The fourth-order valence-corrected chi connectivity index (χ4v) is 2.64. The van der Waals surface area contributed by atoms with Crippen molar-refractivity contribution in [3.05, 3.63) is 0 Å². The van der Waals surface area contributed by atoms with Crippen molar-refractivity contribution in [1.82, 2.24) is 0 Å². The predicted molar refractivity (Wildman–Crippen MR) is 88.1 cm³/mol. The molecule has 6 nitrogen and oxygen atoms in total. The minimum absolute atomic E-state index is 0. The Hall–Kier alpha value is 0.146. The molecule has 0 aromatic rings. The van der Waals surface area contributed by atoms with Crippen molar-refractivity contribution < 1.29 is 58.9 Å². The molecule has 0 aromatic heterocycles. The molecule has 0 aliphatic carbocycles. The van der Waals surface area contributed by atoms with Gasteiger partial charge in [-0.05, 0) is 12.8 Å². The molecule has 152 valence electrons. The predicted octanol–water partition coefficient (Wildman–Crippen LogP) is 3.01. The third-order valence-corrected chi connectivity index (χ3v) is 3.98. The van der Waals surface area contributed by atoms with E-state index in [0.717, 1.165) is 12.8 Å². The van der Waals surface area contributed by atoms with Gasteiger partial charge in [-0.15, -0.1) is 0 Å². The van der Waals surface area contributed by atoms with Crippen LogP contribution in [0.3, 0.4) is 0 Å². The summed E-state index contributed by atoms with van der Waals surface area (Å²) in [4.78, 5) is 10.2. The van der Waals surface area contributed by atoms with E-state index in [9.17, 15) is 9.90 Å². The van der Waals surface area contributed by atoms with E-state index >= 15 is 0 Å². The van der Waals surface area contributed by atoms with Crippen molar-refractivity contribution in [2.75, 3.05) is 0 Å². The van der Waals surface area contributed by atoms with E-state index in [2.05, 4.69) is 6.92 Å². The monoisotopic (exact) mass is 464 g/mol. The van der Waals surface area contributed by atoms with Crippen molar-refractivity contribution in [2.45, 2.75) is 110 Å². The number of carbonyl (C=O) groups excluding carboxylic acids is 1. The topological polar surface area (TPSA) is 118 Å². The van der Waals surface area contributed by atoms with E-state index < -0.39 is 19.6 Å². The zero-order chi connectivity index (χ0) is 19.4. The molecule has 0 spiro atoms. The Morgan fingerprint density at radius 3 is 1.19 bits per heavy atom. The van der Waals surface area contributed by atoms with Crippen LogP contribution in [-0.4, -0.2) is 10.1 Å². The number of rotatable bonds is 16. The van der Waals surface area contributed by atoms with Crippen LogP contribution >= 0.6 is 0 Å². The summed E-state index contributed by atoms with van der Waals surface area (Å²) >= 11 is -5.50. The van der Waals surface area contributed by atoms with E-state index in [1.54, 1.807) is 0 Å². The number of carboxylic acids is 1. The number of unbranched alkanes of at least 4 members (excludes halogenated alkanes) is 14. The molecule has 1 N–H and O–H groups in total. The third-order valence-electron chi connectivity index (χ3n) is 3.98. The Morgan fingerprint density at radius 2 is 0.962 bits per heavy atom. The standard InChI is InChI=1S/C18H36O2.Cr.H2O.3O.Zn/c1-2-3-4-5-6-7-8-9-10-11-12-13-14-15-16-17-18(19)20;;;;;;/h2-17H2,1H3,(H,19,20);;1H2;;;;/q;+1;;;;-1;+2/p-2. The van der Waals surface area contributed by atoms with Gasteiger partial charge in [0.15, 0.2) is 0 Å². The zero-order valence-electron chi connectivity index (χ0n) is 16.4. The van der Waals surface area contributed by atoms with Crippen LogP contribution in [0.4, 0.5) is 0 Å². The van der Waals surface area contributed by atoms with Gasteiger partial charge in [-0.2, -0.15) is 0 Å². The molecule has 0 atom stereocenters. The van der Waals surface area contributed by atoms with Crippen LogP contribution in [0.5, 0.6) is 0 Å². The third kappa shape index (κ3) is 44.0. The second kappa shape index (κ2) is 23.2. The molecule has 0 rings (SSSR count). The van der Waals surface area contributed by atoms with Gasteiger partial charge in [-0.25, -0.2) is 0 Å². The number of carbonyl (C=O) groups is 1. The minimum Gasteiger partial charge on any atom is 2.00 e. The molecule has 0 saturated heterocycles. The quantitative estimate of drug-likeness (QED) is 0.276. The van der Waals surface area contributed by atoms with Gasteiger partial charge < -0.3 is 9.90 Å². The summed E-state index contributed by atoms with van der Waals surface area (Å²) in [6.07, 6.45) is 19.9. The van der Waals surface area contributed by atoms with Gasteiger partial charge in [-0.1, -0.05) is 96.8 Å². The van der Waals surface area contributed by atoms with Gasteiger partial charge in [0.1, 0.15) is 0 Å². The first kappa shape index (κ1) is 30.9. The van der Waals surface area contributed by atoms with Gasteiger partial charge in [0, 0.05) is 5.97 Å². The van der Waals surface area contributed by atoms with Crippen molar-refractivity contribution in [3.8, 4) is 0 Å². The maximum atomic E-state index is 10.2. The molecule has 0 unspecified atom stereocenters. The molecule has 0 aliphatic heterocycles. The Kier molecular flexibility index (Phi) is 27.5. The normalized spacial score (nSPS) is 10.6.